The minimum absolute atomic E-state index is 0.142. The van der Waals surface area contributed by atoms with E-state index >= 15 is 0 Å². The monoisotopic (exact) mass is 384 g/mol. The van der Waals surface area contributed by atoms with Crippen LogP contribution in [0.25, 0.3) is 6.08 Å². The Morgan fingerprint density at radius 2 is 1.71 bits per heavy atom. The van der Waals surface area contributed by atoms with Gasteiger partial charge in [0.2, 0.25) is 11.5 Å². The molecule has 1 aliphatic heterocycles. The molecular formula is C21H20O7. The second-order valence-corrected chi connectivity index (χ2v) is 5.88. The van der Waals surface area contributed by atoms with Crippen molar-refractivity contribution in [2.75, 3.05) is 21.3 Å². The Labute approximate surface area is 162 Å². The summed E-state index contributed by atoms with van der Waals surface area (Å²) in [5.41, 5.74) is 1.04. The lowest BCUT2D eigenvalue weighted by molar-refractivity contribution is -0.134. The van der Waals surface area contributed by atoms with Gasteiger partial charge in [-0.05, 0) is 35.9 Å². The van der Waals surface area contributed by atoms with Crippen LogP contribution in [0.5, 0.6) is 28.7 Å². The van der Waals surface area contributed by atoms with E-state index in [1.54, 1.807) is 37.3 Å². The van der Waals surface area contributed by atoms with E-state index in [0.29, 0.717) is 39.9 Å². The summed E-state index contributed by atoms with van der Waals surface area (Å²) in [5.74, 6) is 1.56. The van der Waals surface area contributed by atoms with E-state index in [9.17, 15) is 9.59 Å². The molecule has 7 heteroatoms. The standard InChI is InChI=1S/C21H20O7/c1-5-19(22)27-13-6-7-14-15(11-13)28-16(20(14)23)8-12-9-17(24-2)21(26-4)18(10-12)25-3/h6-11H,5H2,1-4H3/b16-8-. The highest BCUT2D eigenvalue weighted by atomic mass is 16.5. The van der Waals surface area contributed by atoms with Crippen LogP contribution in [0, 0.1) is 0 Å². The Balaban J connectivity index is 1.93. The van der Waals surface area contributed by atoms with Crippen molar-refractivity contribution in [3.8, 4) is 28.7 Å². The van der Waals surface area contributed by atoms with E-state index in [4.69, 9.17) is 23.7 Å². The molecule has 28 heavy (non-hydrogen) atoms. The van der Waals surface area contributed by atoms with E-state index < -0.39 is 0 Å². The fourth-order valence-electron chi connectivity index (χ4n) is 2.77. The fraction of sp³-hybridized carbons (Fsp3) is 0.238. The molecule has 146 valence electrons. The van der Waals surface area contributed by atoms with Crippen molar-refractivity contribution < 1.29 is 33.3 Å². The molecule has 0 atom stereocenters. The Morgan fingerprint density at radius 3 is 2.29 bits per heavy atom. The number of Topliss-reactive ketones (excluding diaryl/α,β-unsaturated/α-hetero) is 1. The summed E-state index contributed by atoms with van der Waals surface area (Å²) in [5, 5.41) is 0. The zero-order valence-corrected chi connectivity index (χ0v) is 16.0. The van der Waals surface area contributed by atoms with Crippen LogP contribution in [0.1, 0.15) is 29.3 Å². The van der Waals surface area contributed by atoms with Crippen molar-refractivity contribution in [3.05, 3.63) is 47.2 Å². The predicted molar refractivity (Wildman–Crippen MR) is 101 cm³/mol. The van der Waals surface area contributed by atoms with E-state index in [2.05, 4.69) is 0 Å². The van der Waals surface area contributed by atoms with Crippen molar-refractivity contribution in [1.82, 2.24) is 0 Å². The number of ketones is 1. The Kier molecular flexibility index (Phi) is 5.54. The third kappa shape index (κ3) is 3.64. The number of carbonyl (C=O) groups excluding carboxylic acids is 2. The Bertz CT molecular complexity index is 934. The number of ether oxygens (including phenoxy) is 5. The SMILES string of the molecule is CCC(=O)Oc1ccc2c(c1)O/C(=C\c1cc(OC)c(OC)c(OC)c1)C2=O. The van der Waals surface area contributed by atoms with Crippen LogP contribution in [0.4, 0.5) is 0 Å². The van der Waals surface area contributed by atoms with Gasteiger partial charge >= 0.3 is 5.97 Å². The maximum atomic E-state index is 12.6. The first-order valence-corrected chi connectivity index (χ1v) is 8.59. The molecule has 0 saturated carbocycles. The summed E-state index contributed by atoms with van der Waals surface area (Å²) in [7, 11) is 4.54. The third-order valence-electron chi connectivity index (χ3n) is 4.15. The molecule has 3 rings (SSSR count). The van der Waals surface area contributed by atoms with Crippen LogP contribution >= 0.6 is 0 Å². The molecule has 0 N–H and O–H groups in total. The zero-order valence-electron chi connectivity index (χ0n) is 16.0. The van der Waals surface area contributed by atoms with Crippen molar-refractivity contribution in [2.24, 2.45) is 0 Å². The van der Waals surface area contributed by atoms with Crippen molar-refractivity contribution in [3.63, 3.8) is 0 Å². The molecule has 1 aliphatic rings. The van der Waals surface area contributed by atoms with Crippen LogP contribution in [0.3, 0.4) is 0 Å². The van der Waals surface area contributed by atoms with E-state index in [1.165, 1.54) is 27.4 Å². The van der Waals surface area contributed by atoms with Gasteiger partial charge in [0, 0.05) is 12.5 Å². The van der Waals surface area contributed by atoms with Crippen LogP contribution < -0.4 is 23.7 Å². The molecule has 0 saturated heterocycles. The number of rotatable bonds is 6. The number of benzene rings is 2. The summed E-state index contributed by atoms with van der Waals surface area (Å²) < 4.78 is 26.8. The van der Waals surface area contributed by atoms with Crippen LogP contribution in [-0.2, 0) is 4.79 Å². The van der Waals surface area contributed by atoms with Gasteiger partial charge in [0.15, 0.2) is 17.3 Å². The van der Waals surface area contributed by atoms with Gasteiger partial charge in [0.1, 0.15) is 11.5 Å². The second kappa shape index (κ2) is 8.04. The first-order valence-electron chi connectivity index (χ1n) is 8.59. The highest BCUT2D eigenvalue weighted by Gasteiger charge is 2.28. The normalized spacial score (nSPS) is 13.7. The number of hydrogen-bond donors (Lipinski definition) is 0. The van der Waals surface area contributed by atoms with E-state index in [0.717, 1.165) is 0 Å². The van der Waals surface area contributed by atoms with Gasteiger partial charge in [-0.1, -0.05) is 6.92 Å². The lowest BCUT2D eigenvalue weighted by atomic mass is 10.1. The highest BCUT2D eigenvalue weighted by molar-refractivity contribution is 6.14. The van der Waals surface area contributed by atoms with Gasteiger partial charge in [0.05, 0.1) is 26.9 Å². The van der Waals surface area contributed by atoms with Crippen LogP contribution in [0.2, 0.25) is 0 Å². The molecule has 0 spiro atoms. The number of methoxy groups -OCH3 is 3. The quantitative estimate of drug-likeness (QED) is 0.427. The van der Waals surface area contributed by atoms with Gasteiger partial charge < -0.3 is 23.7 Å². The van der Waals surface area contributed by atoms with E-state index in [-0.39, 0.29) is 23.9 Å². The molecule has 2 aromatic carbocycles. The molecule has 2 aromatic rings. The van der Waals surface area contributed by atoms with E-state index in [1.807, 2.05) is 0 Å². The molecule has 0 bridgehead atoms. The summed E-state index contributed by atoms with van der Waals surface area (Å²) in [6.45, 7) is 1.70. The summed E-state index contributed by atoms with van der Waals surface area (Å²) >= 11 is 0. The summed E-state index contributed by atoms with van der Waals surface area (Å²) in [4.78, 5) is 24.1. The largest absolute Gasteiger partial charge is 0.493 e. The molecule has 0 aliphatic carbocycles. The lowest BCUT2D eigenvalue weighted by Crippen LogP contribution is -2.05. The predicted octanol–water partition coefficient (Wildman–Crippen LogP) is 3.64. The number of fused-ring (bicyclic) bond motifs is 1. The molecule has 0 fully saturated rings. The molecule has 7 nitrogen and oxygen atoms in total. The Morgan fingerprint density at radius 1 is 1.04 bits per heavy atom. The van der Waals surface area contributed by atoms with Crippen molar-refractivity contribution in [2.45, 2.75) is 13.3 Å². The topological polar surface area (TPSA) is 80.3 Å². The molecule has 0 radical (unpaired) electrons. The summed E-state index contributed by atoms with van der Waals surface area (Å²) in [6, 6.07) is 8.09. The smallest absolute Gasteiger partial charge is 0.310 e. The van der Waals surface area contributed by atoms with Gasteiger partial charge in [-0.3, -0.25) is 9.59 Å². The molecule has 0 unspecified atom stereocenters. The maximum Gasteiger partial charge on any atom is 0.310 e. The number of esters is 1. The first-order chi connectivity index (χ1) is 13.5. The van der Waals surface area contributed by atoms with Crippen molar-refractivity contribution in [1.29, 1.82) is 0 Å². The number of carbonyl (C=O) groups is 2. The molecule has 1 heterocycles. The van der Waals surface area contributed by atoms with Gasteiger partial charge in [-0.2, -0.15) is 0 Å². The van der Waals surface area contributed by atoms with Crippen LogP contribution in [-0.4, -0.2) is 33.1 Å². The zero-order chi connectivity index (χ0) is 20.3. The average Bonchev–Trinajstić information content (AvgIpc) is 3.01. The van der Waals surface area contributed by atoms with Gasteiger partial charge in [-0.25, -0.2) is 0 Å². The minimum atomic E-state index is -0.363. The second-order valence-electron chi connectivity index (χ2n) is 5.88. The Hall–Kier alpha value is -3.48. The van der Waals surface area contributed by atoms with Crippen LogP contribution in [0.15, 0.2) is 36.1 Å². The molecule has 0 amide bonds. The lowest BCUT2D eigenvalue weighted by Gasteiger charge is -2.13. The first kappa shape index (κ1) is 19.3. The molecule has 0 aromatic heterocycles. The van der Waals surface area contributed by atoms with Gasteiger partial charge in [0.25, 0.3) is 0 Å². The number of allylic oxidation sites excluding steroid dienone is 1. The highest BCUT2D eigenvalue weighted by Crippen LogP contribution is 2.40. The molecular weight excluding hydrogens is 364 g/mol. The fourth-order valence-corrected chi connectivity index (χ4v) is 2.77. The number of hydrogen-bond acceptors (Lipinski definition) is 7. The summed E-state index contributed by atoms with van der Waals surface area (Å²) in [6.07, 6.45) is 1.84. The third-order valence-corrected chi connectivity index (χ3v) is 4.15. The minimum Gasteiger partial charge on any atom is -0.493 e. The maximum absolute atomic E-state index is 12.6. The van der Waals surface area contributed by atoms with Crippen molar-refractivity contribution >= 4 is 17.8 Å². The average molecular weight is 384 g/mol. The van der Waals surface area contributed by atoms with Gasteiger partial charge in [-0.15, -0.1) is 0 Å².